The van der Waals surface area contributed by atoms with Crippen LogP contribution in [-0.2, 0) is 0 Å². The van der Waals surface area contributed by atoms with Crippen molar-refractivity contribution >= 4 is 161 Å². The van der Waals surface area contributed by atoms with Crippen molar-refractivity contribution < 1.29 is 28.8 Å². The zero-order valence-electron chi connectivity index (χ0n) is 63.7. The molecule has 0 bridgehead atoms. The van der Waals surface area contributed by atoms with Crippen LogP contribution in [0.25, 0.3) is 67.3 Å². The van der Waals surface area contributed by atoms with E-state index >= 15 is 0 Å². The highest BCUT2D eigenvalue weighted by Gasteiger charge is 2.19. The SMILES string of the molecule is Nc1ccc(C(=O)Nc2ccc(-c3nc4c(Cl)c(NC(=O)c5ccc(N)cc5)ccc4[nH]3)cc2)cc1.Nc1ccc(C(=O)Nc2ccc(-c3nc4ccc(NC(=O)c5ccc(N)cc5)cc4[nH]3)cc2)cc1.O=C(Nc1ccc(-c2nc3cc(NC(=O)c4ccc(C=Nc5ccccc5)cc4)ccc3[nH]2)cc1)c1ccc(N=Cc2ccccc2)cc1. The maximum atomic E-state index is 12.9. The van der Waals surface area contributed by atoms with E-state index in [4.69, 9.17) is 39.5 Å². The second kappa shape index (κ2) is 36.1. The molecule has 0 spiro atoms. The number of carbonyl (C=O) groups excluding carboxylic acids is 6. The van der Waals surface area contributed by atoms with Crippen molar-refractivity contribution in [1.29, 1.82) is 0 Å². The van der Waals surface area contributed by atoms with Crippen molar-refractivity contribution in [3.63, 3.8) is 0 Å². The summed E-state index contributed by atoms with van der Waals surface area (Å²) in [4.78, 5) is 109. The predicted octanol–water partition coefficient (Wildman–Crippen LogP) is 19.7. The molecule has 0 atom stereocenters. The Morgan fingerprint density at radius 3 is 1.07 bits per heavy atom. The quantitative estimate of drug-likeness (QED) is 0.0265. The maximum absolute atomic E-state index is 12.9. The minimum atomic E-state index is -0.302. The van der Waals surface area contributed by atoms with E-state index in [1.54, 1.807) is 164 Å². The molecule has 24 nitrogen and oxygen atoms in total. The summed E-state index contributed by atoms with van der Waals surface area (Å²) in [7, 11) is 0. The van der Waals surface area contributed by atoms with Gasteiger partial charge in [0.2, 0.25) is 0 Å². The maximum Gasteiger partial charge on any atom is 0.255 e. The van der Waals surface area contributed by atoms with Gasteiger partial charge in [-0.1, -0.05) is 72.3 Å². The largest absolute Gasteiger partial charge is 0.399 e. The van der Waals surface area contributed by atoms with Crippen LogP contribution < -0.4 is 54.8 Å². The number of carbonyl (C=O) groups is 6. The average molecular weight is 1600 g/mol. The van der Waals surface area contributed by atoms with Gasteiger partial charge in [0.05, 0.1) is 49.7 Å². The fraction of sp³-hybridized carbons (Fsp3) is 0. The van der Waals surface area contributed by atoms with Crippen molar-refractivity contribution in [2.45, 2.75) is 0 Å². The molecule has 3 heterocycles. The topological polar surface area (TPSA) is 389 Å². The number of hydrogen-bond donors (Lipinski definition) is 13. The Balaban J connectivity index is 0.000000143. The van der Waals surface area contributed by atoms with Crippen LogP contribution in [0, 0.1) is 0 Å². The second-order valence-electron chi connectivity index (χ2n) is 27.4. The molecule has 0 saturated heterocycles. The number of nitrogens with two attached hydrogens (primary N) is 4. The van der Waals surface area contributed by atoms with E-state index in [2.05, 4.69) is 66.8 Å². The van der Waals surface area contributed by atoms with Crippen LogP contribution in [0.15, 0.2) is 338 Å². The van der Waals surface area contributed by atoms with Crippen LogP contribution in [0.3, 0.4) is 0 Å². The Labute approximate surface area is 691 Å². The molecule has 14 aromatic carbocycles. The molecule has 0 unspecified atom stereocenters. The smallest absolute Gasteiger partial charge is 0.255 e. The molecule has 0 fully saturated rings. The van der Waals surface area contributed by atoms with Gasteiger partial charge in [-0.2, -0.15) is 0 Å². The lowest BCUT2D eigenvalue weighted by atomic mass is 10.1. The lowest BCUT2D eigenvalue weighted by Crippen LogP contribution is -2.12. The van der Waals surface area contributed by atoms with Gasteiger partial charge in [-0.3, -0.25) is 38.8 Å². The molecular weight excluding hydrogens is 1520 g/mol. The molecule has 17 N–H and O–H groups in total. The number of aliphatic imine (C=N–C) groups is 2. The predicted molar refractivity (Wildman–Crippen MR) is 481 cm³/mol. The minimum absolute atomic E-state index is 0.211. The third-order valence-corrected chi connectivity index (χ3v) is 19.2. The van der Waals surface area contributed by atoms with Gasteiger partial charge in [0.1, 0.15) is 23.0 Å². The first-order chi connectivity index (χ1) is 58.4. The van der Waals surface area contributed by atoms with Crippen LogP contribution >= 0.6 is 11.6 Å². The number of halogens is 1. The summed E-state index contributed by atoms with van der Waals surface area (Å²) in [6.07, 6.45) is 3.56. The molecule has 0 aliphatic heterocycles. The molecule has 17 rings (SSSR count). The van der Waals surface area contributed by atoms with Gasteiger partial charge in [0.15, 0.2) is 0 Å². The van der Waals surface area contributed by atoms with Crippen molar-refractivity contribution in [1.82, 2.24) is 29.9 Å². The molecular formula is C95H73ClN18O6. The first-order valence-corrected chi connectivity index (χ1v) is 37.9. The molecule has 0 aliphatic rings. The fourth-order valence-corrected chi connectivity index (χ4v) is 12.6. The number of rotatable bonds is 19. The lowest BCUT2D eigenvalue weighted by Gasteiger charge is -2.07. The zero-order chi connectivity index (χ0) is 83.0. The summed E-state index contributed by atoms with van der Waals surface area (Å²) < 4.78 is 0. The van der Waals surface area contributed by atoms with Gasteiger partial charge in [-0.15, -0.1) is 0 Å². The summed E-state index contributed by atoms with van der Waals surface area (Å²) >= 11 is 6.58. The van der Waals surface area contributed by atoms with Crippen molar-refractivity contribution in [3.05, 3.63) is 377 Å². The number of para-hydroxylation sites is 1. The van der Waals surface area contributed by atoms with E-state index in [1.165, 1.54) is 0 Å². The number of H-pyrrole nitrogens is 3. The standard InChI is InChI=1S/C41H30N6O2.C27H21ClN6O2.C27H22N6O2/c48-40(32-17-19-34(20-18-32)43-26-28-7-3-1-4-8-28)44-35-21-15-30(16-22-35)39-46-37-24-23-36(25-38(37)47-39)45-41(49)31-13-11-29(12-14-31)27-42-33-9-5-2-6-10-33;28-23-21(33-27(36)17-3-9-19(30)10-4-17)13-14-22-24(23)34-25(32-22)15-5-11-20(12-6-15)31-26(35)16-1-7-18(29)8-2-16;28-19-7-1-17(2-8-19)26(34)30-21-11-5-16(6-12-21)25-32-23-14-13-22(15-24(23)33-25)31-27(35)18-3-9-20(29)10-4-18/h1-27H,(H,44,48)(H,45,49)(H,46,47);1-14H,29-30H2,(H,31,35)(H,32,34)(H,33,36);1-15H,28-29H2,(H,30,34)(H,31,35)(H,32,33). The van der Waals surface area contributed by atoms with Crippen LogP contribution in [0.4, 0.5) is 68.2 Å². The van der Waals surface area contributed by atoms with E-state index in [9.17, 15) is 28.8 Å². The first-order valence-electron chi connectivity index (χ1n) is 37.6. The van der Waals surface area contributed by atoms with E-state index in [0.717, 1.165) is 61.3 Å². The number of nitrogen functional groups attached to an aromatic ring is 4. The highest BCUT2D eigenvalue weighted by Crippen LogP contribution is 2.34. The highest BCUT2D eigenvalue weighted by molar-refractivity contribution is 6.38. The molecule has 0 saturated carbocycles. The Morgan fingerprint density at radius 1 is 0.292 bits per heavy atom. The molecule has 6 amide bonds. The first kappa shape index (κ1) is 78.4. The van der Waals surface area contributed by atoms with Crippen LogP contribution in [0.1, 0.15) is 73.3 Å². The molecule has 120 heavy (non-hydrogen) atoms. The van der Waals surface area contributed by atoms with E-state index < -0.39 is 0 Å². The van der Waals surface area contributed by atoms with Gasteiger partial charge in [0.25, 0.3) is 35.4 Å². The highest BCUT2D eigenvalue weighted by atomic mass is 35.5. The van der Waals surface area contributed by atoms with Gasteiger partial charge in [-0.25, -0.2) is 15.0 Å². The molecule has 0 radical (unpaired) electrons. The number of aromatic amines is 3. The van der Waals surface area contributed by atoms with E-state index in [0.29, 0.717) is 124 Å². The molecule has 3 aromatic heterocycles. The number of imidazole rings is 3. The van der Waals surface area contributed by atoms with E-state index in [1.807, 2.05) is 176 Å². The second-order valence-corrected chi connectivity index (χ2v) is 27.8. The molecule has 586 valence electrons. The molecule has 17 aromatic rings. The fourth-order valence-electron chi connectivity index (χ4n) is 12.4. The number of benzene rings is 14. The summed E-state index contributed by atoms with van der Waals surface area (Å²) in [6, 6.07) is 97.4. The summed E-state index contributed by atoms with van der Waals surface area (Å²) in [5.74, 6) is 0.565. The normalized spacial score (nSPS) is 11.0. The molecule has 25 heteroatoms. The van der Waals surface area contributed by atoms with E-state index in [-0.39, 0.29) is 35.4 Å². The number of amides is 6. The summed E-state index contributed by atoms with van der Waals surface area (Å²) in [5, 5.41) is 17.7. The number of hydrogen-bond acceptors (Lipinski definition) is 15. The lowest BCUT2D eigenvalue weighted by molar-refractivity contribution is 0.101. The Kier molecular flexibility index (Phi) is 23.6. The van der Waals surface area contributed by atoms with Crippen LogP contribution in [-0.4, -0.2) is 77.8 Å². The minimum Gasteiger partial charge on any atom is -0.399 e. The summed E-state index contributed by atoms with van der Waals surface area (Å²) in [6.45, 7) is 0. The van der Waals surface area contributed by atoms with Crippen molar-refractivity contribution in [2.75, 3.05) is 54.8 Å². The van der Waals surface area contributed by atoms with Gasteiger partial charge in [-0.05, 0) is 278 Å². The number of anilines is 10. The molecule has 0 aliphatic carbocycles. The van der Waals surface area contributed by atoms with Crippen LogP contribution in [0.5, 0.6) is 0 Å². The monoisotopic (exact) mass is 1600 g/mol. The number of fused-ring (bicyclic) bond motifs is 3. The number of aromatic nitrogens is 6. The third-order valence-electron chi connectivity index (χ3n) is 18.8. The third kappa shape index (κ3) is 19.8. The number of nitrogens with one attached hydrogen (secondary N) is 9. The van der Waals surface area contributed by atoms with Gasteiger partial charge >= 0.3 is 0 Å². The number of nitrogens with zero attached hydrogens (tertiary/aromatic N) is 5. The van der Waals surface area contributed by atoms with Crippen LogP contribution in [0.2, 0.25) is 5.02 Å². The van der Waals surface area contributed by atoms with Crippen molar-refractivity contribution in [2.24, 2.45) is 9.98 Å². The Bertz CT molecular complexity index is 6650. The van der Waals surface area contributed by atoms with Gasteiger partial charge < -0.3 is 69.8 Å². The Hall–Kier alpha value is -16.9. The Morgan fingerprint density at radius 2 is 0.617 bits per heavy atom. The summed E-state index contributed by atoms with van der Waals surface area (Å²) in [5.41, 5.74) is 42.3. The van der Waals surface area contributed by atoms with Gasteiger partial charge in [0, 0.05) is 114 Å². The average Bonchev–Trinajstić information content (AvgIpc) is 1.46. The van der Waals surface area contributed by atoms with Crippen molar-refractivity contribution in [3.8, 4) is 34.2 Å². The zero-order valence-corrected chi connectivity index (χ0v) is 64.5.